The molecule has 4 heteroatoms. The number of hydrogen-bond acceptors (Lipinski definition) is 2. The van der Waals surface area contributed by atoms with E-state index < -0.39 is 0 Å². The van der Waals surface area contributed by atoms with Crippen LogP contribution in [0.3, 0.4) is 0 Å². The minimum Gasteiger partial charge on any atom is -0.331 e. The lowest BCUT2D eigenvalue weighted by atomic mass is 10.1. The summed E-state index contributed by atoms with van der Waals surface area (Å²) >= 11 is 3.35. The van der Waals surface area contributed by atoms with Gasteiger partial charge in [-0.2, -0.15) is 0 Å². The first-order valence-electron chi connectivity index (χ1n) is 5.24. The van der Waals surface area contributed by atoms with E-state index in [0.717, 1.165) is 10.9 Å². The highest BCUT2D eigenvalue weighted by Gasteiger charge is 2.23. The molecule has 16 heavy (non-hydrogen) atoms. The van der Waals surface area contributed by atoms with Crippen LogP contribution in [0.2, 0.25) is 0 Å². The molecule has 1 fully saturated rings. The highest BCUT2D eigenvalue weighted by molar-refractivity contribution is 9.10. The first-order valence-corrected chi connectivity index (χ1v) is 6.03. The van der Waals surface area contributed by atoms with Crippen LogP contribution >= 0.6 is 15.9 Å². The fourth-order valence-corrected chi connectivity index (χ4v) is 2.27. The van der Waals surface area contributed by atoms with Crippen molar-refractivity contribution in [1.82, 2.24) is 4.90 Å². The summed E-state index contributed by atoms with van der Waals surface area (Å²) in [5.41, 5.74) is 0.622. The maximum Gasteiger partial charge on any atom is 0.255 e. The Morgan fingerprint density at radius 3 is 2.75 bits per heavy atom. The number of hydrogen-bond donors (Lipinski definition) is 0. The molecule has 2 rings (SSSR count). The summed E-state index contributed by atoms with van der Waals surface area (Å²) in [5.74, 6) is 0.0761. The van der Waals surface area contributed by atoms with Crippen LogP contribution in [-0.2, 0) is 4.79 Å². The summed E-state index contributed by atoms with van der Waals surface area (Å²) in [6.45, 7) is 0.923. The zero-order valence-corrected chi connectivity index (χ0v) is 10.4. The van der Waals surface area contributed by atoms with E-state index in [1.54, 1.807) is 11.0 Å². The van der Waals surface area contributed by atoms with E-state index in [1.807, 2.05) is 18.2 Å². The molecular formula is C12H12BrNO2. The van der Waals surface area contributed by atoms with Crippen molar-refractivity contribution < 1.29 is 9.59 Å². The van der Waals surface area contributed by atoms with Crippen LogP contribution in [0.4, 0.5) is 0 Å². The van der Waals surface area contributed by atoms with Crippen molar-refractivity contribution in [3.05, 3.63) is 34.3 Å². The van der Waals surface area contributed by atoms with Crippen molar-refractivity contribution >= 4 is 27.6 Å². The molecule has 0 bridgehead atoms. The van der Waals surface area contributed by atoms with Gasteiger partial charge in [0.15, 0.2) is 5.78 Å². The summed E-state index contributed by atoms with van der Waals surface area (Å²) in [6.07, 6.45) is 1.37. The average molecular weight is 282 g/mol. The summed E-state index contributed by atoms with van der Waals surface area (Å²) in [6, 6.07) is 7.29. The minimum atomic E-state index is -0.0690. The third kappa shape index (κ3) is 2.32. The van der Waals surface area contributed by atoms with Gasteiger partial charge in [-0.1, -0.05) is 12.1 Å². The van der Waals surface area contributed by atoms with Gasteiger partial charge in [-0.25, -0.2) is 0 Å². The van der Waals surface area contributed by atoms with Gasteiger partial charge in [-0.3, -0.25) is 9.59 Å². The van der Waals surface area contributed by atoms with Crippen molar-refractivity contribution in [1.29, 1.82) is 0 Å². The molecule has 0 radical (unpaired) electrons. The second-order valence-corrected chi connectivity index (χ2v) is 4.70. The number of nitrogens with zero attached hydrogens (tertiary/aromatic N) is 1. The summed E-state index contributed by atoms with van der Waals surface area (Å²) < 4.78 is 0.776. The zero-order chi connectivity index (χ0) is 11.5. The van der Waals surface area contributed by atoms with Crippen LogP contribution in [0.5, 0.6) is 0 Å². The molecule has 0 saturated carbocycles. The molecule has 0 aromatic heterocycles. The fourth-order valence-electron chi connectivity index (χ4n) is 1.82. The highest BCUT2D eigenvalue weighted by Crippen LogP contribution is 2.19. The SMILES string of the molecule is O=C1CCCN(C(=O)c2ccccc2Br)C1. The van der Waals surface area contributed by atoms with E-state index in [1.165, 1.54) is 0 Å². The first kappa shape index (κ1) is 11.3. The molecule has 1 saturated heterocycles. The number of amides is 1. The second kappa shape index (κ2) is 4.78. The van der Waals surface area contributed by atoms with E-state index in [2.05, 4.69) is 15.9 Å². The number of Topliss-reactive ketones (excluding diaryl/α,β-unsaturated/α-hetero) is 1. The van der Waals surface area contributed by atoms with E-state index in [-0.39, 0.29) is 18.2 Å². The largest absolute Gasteiger partial charge is 0.331 e. The number of likely N-dealkylation sites (tertiary alicyclic amines) is 1. The molecule has 1 aliphatic rings. The lowest BCUT2D eigenvalue weighted by molar-refractivity contribution is -0.121. The van der Waals surface area contributed by atoms with Crippen molar-refractivity contribution in [2.45, 2.75) is 12.8 Å². The molecule has 0 spiro atoms. The van der Waals surface area contributed by atoms with Crippen molar-refractivity contribution in [3.63, 3.8) is 0 Å². The van der Waals surface area contributed by atoms with E-state index in [9.17, 15) is 9.59 Å². The Balaban J connectivity index is 2.19. The molecular weight excluding hydrogens is 270 g/mol. The van der Waals surface area contributed by atoms with Gasteiger partial charge in [-0.05, 0) is 34.5 Å². The number of rotatable bonds is 1. The maximum atomic E-state index is 12.1. The van der Waals surface area contributed by atoms with Crippen LogP contribution in [0.1, 0.15) is 23.2 Å². The van der Waals surface area contributed by atoms with Crippen molar-refractivity contribution in [2.24, 2.45) is 0 Å². The molecule has 1 heterocycles. The number of benzene rings is 1. The molecule has 3 nitrogen and oxygen atoms in total. The van der Waals surface area contributed by atoms with Crippen molar-refractivity contribution in [2.75, 3.05) is 13.1 Å². The van der Waals surface area contributed by atoms with Crippen molar-refractivity contribution in [3.8, 4) is 0 Å². The number of carbonyl (C=O) groups is 2. The van der Waals surface area contributed by atoms with Gasteiger partial charge >= 0.3 is 0 Å². The Kier molecular flexibility index (Phi) is 3.39. The molecule has 1 aromatic carbocycles. The number of halogens is 1. The topological polar surface area (TPSA) is 37.4 Å². The molecule has 84 valence electrons. The number of carbonyl (C=O) groups excluding carboxylic acids is 2. The van der Waals surface area contributed by atoms with E-state index >= 15 is 0 Å². The summed E-state index contributed by atoms with van der Waals surface area (Å²) in [7, 11) is 0. The molecule has 1 aromatic rings. The van der Waals surface area contributed by atoms with Gasteiger partial charge in [-0.15, -0.1) is 0 Å². The fraction of sp³-hybridized carbons (Fsp3) is 0.333. The van der Waals surface area contributed by atoms with Crippen LogP contribution in [-0.4, -0.2) is 29.7 Å². The van der Waals surface area contributed by atoms with Crippen LogP contribution in [0.25, 0.3) is 0 Å². The van der Waals surface area contributed by atoms with E-state index in [4.69, 9.17) is 0 Å². The summed E-state index contributed by atoms with van der Waals surface area (Å²) in [4.78, 5) is 25.0. The Morgan fingerprint density at radius 2 is 2.06 bits per heavy atom. The Labute approximate surface area is 103 Å². The lowest BCUT2D eigenvalue weighted by Gasteiger charge is -2.26. The number of ketones is 1. The Bertz CT molecular complexity index is 431. The average Bonchev–Trinajstić information content (AvgIpc) is 2.29. The monoisotopic (exact) mass is 281 g/mol. The van der Waals surface area contributed by atoms with Gasteiger partial charge in [0.05, 0.1) is 12.1 Å². The third-order valence-electron chi connectivity index (χ3n) is 2.64. The van der Waals surface area contributed by atoms with E-state index in [0.29, 0.717) is 18.5 Å². The predicted molar refractivity (Wildman–Crippen MR) is 64.3 cm³/mol. The summed E-state index contributed by atoms with van der Waals surface area (Å²) in [5, 5.41) is 0. The van der Waals surface area contributed by atoms with Crippen LogP contribution in [0, 0.1) is 0 Å². The molecule has 0 N–H and O–H groups in total. The smallest absolute Gasteiger partial charge is 0.255 e. The van der Waals surface area contributed by atoms with Gasteiger partial charge in [0.25, 0.3) is 5.91 Å². The molecule has 0 aliphatic carbocycles. The standard InChI is InChI=1S/C12H12BrNO2/c13-11-6-2-1-5-10(11)12(16)14-7-3-4-9(15)8-14/h1-2,5-6H,3-4,7-8H2. The quantitative estimate of drug-likeness (QED) is 0.792. The third-order valence-corrected chi connectivity index (χ3v) is 3.33. The normalized spacial score (nSPS) is 16.3. The first-order chi connectivity index (χ1) is 7.68. The molecule has 0 unspecified atom stereocenters. The van der Waals surface area contributed by atoms with Crippen LogP contribution in [0.15, 0.2) is 28.7 Å². The zero-order valence-electron chi connectivity index (χ0n) is 8.78. The maximum absolute atomic E-state index is 12.1. The van der Waals surface area contributed by atoms with Gasteiger partial charge in [0, 0.05) is 17.4 Å². The lowest BCUT2D eigenvalue weighted by Crippen LogP contribution is -2.40. The Hall–Kier alpha value is -1.16. The second-order valence-electron chi connectivity index (χ2n) is 3.85. The predicted octanol–water partition coefficient (Wildman–Crippen LogP) is 2.25. The Morgan fingerprint density at radius 1 is 1.31 bits per heavy atom. The number of piperidine rings is 1. The van der Waals surface area contributed by atoms with Gasteiger partial charge in [0.1, 0.15) is 0 Å². The van der Waals surface area contributed by atoms with Crippen LogP contribution < -0.4 is 0 Å². The van der Waals surface area contributed by atoms with Gasteiger partial charge in [0.2, 0.25) is 0 Å². The molecule has 1 aliphatic heterocycles. The minimum absolute atomic E-state index is 0.0690. The molecule has 1 amide bonds. The molecule has 0 atom stereocenters. The van der Waals surface area contributed by atoms with Gasteiger partial charge < -0.3 is 4.90 Å². The highest BCUT2D eigenvalue weighted by atomic mass is 79.9.